The van der Waals surface area contributed by atoms with Gasteiger partial charge in [0.25, 0.3) is 0 Å². The van der Waals surface area contributed by atoms with Crippen molar-refractivity contribution in [1.82, 2.24) is 10.3 Å². The molecule has 0 aromatic carbocycles. The van der Waals surface area contributed by atoms with E-state index in [0.717, 1.165) is 31.0 Å². The maximum atomic E-state index is 13.1. The van der Waals surface area contributed by atoms with E-state index >= 15 is 0 Å². The molecule has 2 heterocycles. The molecule has 1 aromatic rings. The Balaban J connectivity index is 1.90. The molecule has 2 nitrogen and oxygen atoms in total. The van der Waals surface area contributed by atoms with Crippen LogP contribution in [0.2, 0.25) is 0 Å². The molecule has 1 N–H and O–H groups in total. The summed E-state index contributed by atoms with van der Waals surface area (Å²) in [4.78, 5) is 3.91. The minimum Gasteiger partial charge on any atom is -0.316 e. The zero-order chi connectivity index (χ0) is 11.0. The van der Waals surface area contributed by atoms with Crippen molar-refractivity contribution in [3.05, 3.63) is 35.9 Å². The first-order chi connectivity index (χ1) is 7.83. The van der Waals surface area contributed by atoms with Crippen LogP contribution in [0.15, 0.2) is 24.5 Å². The van der Waals surface area contributed by atoms with Crippen LogP contribution < -0.4 is 5.32 Å². The van der Waals surface area contributed by atoms with Crippen molar-refractivity contribution in [3.63, 3.8) is 0 Å². The number of allylic oxidation sites excluding steroid dienone is 1. The second kappa shape index (κ2) is 3.98. The lowest BCUT2D eigenvalue weighted by atomic mass is 9.81. The van der Waals surface area contributed by atoms with Gasteiger partial charge < -0.3 is 5.32 Å². The quantitative estimate of drug-likeness (QED) is 0.782. The van der Waals surface area contributed by atoms with E-state index in [-0.39, 0.29) is 5.82 Å². The molecule has 1 saturated heterocycles. The highest BCUT2D eigenvalue weighted by Crippen LogP contribution is 2.35. The van der Waals surface area contributed by atoms with Crippen molar-refractivity contribution in [1.29, 1.82) is 0 Å². The summed E-state index contributed by atoms with van der Waals surface area (Å²) in [6.45, 7) is 2.20. The van der Waals surface area contributed by atoms with Crippen LogP contribution in [0.4, 0.5) is 4.39 Å². The third-order valence-electron chi connectivity index (χ3n) is 3.67. The number of nitrogens with one attached hydrogen (secondary N) is 1. The first-order valence-electron chi connectivity index (χ1n) is 5.85. The van der Waals surface area contributed by atoms with E-state index in [1.807, 2.05) is 0 Å². The standard InChI is InChI=1S/C13H15FN2/c14-13-4-12(7-16-8-13)9-1-2-10-5-15-6-11(10)3-9/h3-4,7-8,10-11,15H,1-2,5-6H2. The van der Waals surface area contributed by atoms with Gasteiger partial charge in [-0.3, -0.25) is 4.98 Å². The third kappa shape index (κ3) is 1.76. The number of rotatable bonds is 1. The van der Waals surface area contributed by atoms with Gasteiger partial charge in [0.05, 0.1) is 6.20 Å². The SMILES string of the molecule is Fc1cncc(C2=CC3CNCC3CC2)c1. The van der Waals surface area contributed by atoms with E-state index in [1.54, 1.807) is 12.3 Å². The van der Waals surface area contributed by atoms with Gasteiger partial charge in [-0.15, -0.1) is 0 Å². The fraction of sp³-hybridized carbons (Fsp3) is 0.462. The minimum atomic E-state index is -0.245. The molecule has 2 aliphatic rings. The largest absolute Gasteiger partial charge is 0.316 e. The fourth-order valence-electron chi connectivity index (χ4n) is 2.78. The van der Waals surface area contributed by atoms with Gasteiger partial charge in [-0.05, 0) is 48.4 Å². The van der Waals surface area contributed by atoms with Gasteiger partial charge in [-0.25, -0.2) is 4.39 Å². The Hall–Kier alpha value is -1.22. The van der Waals surface area contributed by atoms with Crippen LogP contribution in [0, 0.1) is 17.7 Å². The maximum absolute atomic E-state index is 13.1. The lowest BCUT2D eigenvalue weighted by molar-refractivity contribution is 0.448. The van der Waals surface area contributed by atoms with Crippen LogP contribution in [-0.2, 0) is 0 Å². The highest BCUT2D eigenvalue weighted by Gasteiger charge is 2.29. The minimum absolute atomic E-state index is 0.245. The molecule has 0 radical (unpaired) electrons. The van der Waals surface area contributed by atoms with Crippen LogP contribution in [0.1, 0.15) is 18.4 Å². The van der Waals surface area contributed by atoms with Crippen molar-refractivity contribution in [2.24, 2.45) is 11.8 Å². The molecule has 3 rings (SSSR count). The molecule has 0 bridgehead atoms. The average molecular weight is 218 g/mol. The molecule has 0 spiro atoms. The lowest BCUT2D eigenvalue weighted by Crippen LogP contribution is -2.15. The zero-order valence-corrected chi connectivity index (χ0v) is 9.12. The molecule has 0 amide bonds. The Labute approximate surface area is 94.6 Å². The molecule has 1 aliphatic heterocycles. The van der Waals surface area contributed by atoms with E-state index in [9.17, 15) is 4.39 Å². The van der Waals surface area contributed by atoms with E-state index in [1.165, 1.54) is 18.2 Å². The summed E-state index contributed by atoms with van der Waals surface area (Å²) in [5, 5.41) is 3.41. The summed E-state index contributed by atoms with van der Waals surface area (Å²) in [6, 6.07) is 1.58. The fourth-order valence-corrected chi connectivity index (χ4v) is 2.78. The number of halogens is 1. The summed E-state index contributed by atoms with van der Waals surface area (Å²) in [6.07, 6.45) is 7.59. The zero-order valence-electron chi connectivity index (χ0n) is 9.12. The van der Waals surface area contributed by atoms with Gasteiger partial charge in [0.1, 0.15) is 5.82 Å². The Morgan fingerprint density at radius 3 is 3.12 bits per heavy atom. The number of fused-ring (bicyclic) bond motifs is 1. The monoisotopic (exact) mass is 218 g/mol. The number of hydrogen-bond donors (Lipinski definition) is 1. The first-order valence-corrected chi connectivity index (χ1v) is 5.85. The van der Waals surface area contributed by atoms with E-state index in [0.29, 0.717) is 5.92 Å². The Morgan fingerprint density at radius 1 is 1.31 bits per heavy atom. The Kier molecular flexibility index (Phi) is 2.48. The lowest BCUT2D eigenvalue weighted by Gasteiger charge is -2.23. The molecule has 0 saturated carbocycles. The summed E-state index contributed by atoms with van der Waals surface area (Å²) in [5.74, 6) is 1.17. The predicted octanol–water partition coefficient (Wildman–Crippen LogP) is 2.23. The van der Waals surface area contributed by atoms with Crippen molar-refractivity contribution >= 4 is 5.57 Å². The van der Waals surface area contributed by atoms with Crippen LogP contribution in [0.3, 0.4) is 0 Å². The summed E-state index contributed by atoms with van der Waals surface area (Å²) < 4.78 is 13.1. The van der Waals surface area contributed by atoms with Crippen LogP contribution in [0.5, 0.6) is 0 Å². The summed E-state index contributed by atoms with van der Waals surface area (Å²) in [7, 11) is 0. The Morgan fingerprint density at radius 2 is 2.25 bits per heavy atom. The Bertz CT molecular complexity index is 428. The van der Waals surface area contributed by atoms with Crippen LogP contribution >= 0.6 is 0 Å². The second-order valence-electron chi connectivity index (χ2n) is 4.70. The molecule has 2 atom stereocenters. The van der Waals surface area contributed by atoms with Gasteiger partial charge in [0.2, 0.25) is 0 Å². The molecule has 84 valence electrons. The van der Waals surface area contributed by atoms with Gasteiger partial charge in [-0.1, -0.05) is 6.08 Å². The van der Waals surface area contributed by atoms with Crippen LogP contribution in [0.25, 0.3) is 5.57 Å². The van der Waals surface area contributed by atoms with Crippen molar-refractivity contribution in [3.8, 4) is 0 Å². The molecule has 1 aliphatic carbocycles. The normalized spacial score (nSPS) is 28.7. The van der Waals surface area contributed by atoms with Gasteiger partial charge in [0, 0.05) is 12.7 Å². The van der Waals surface area contributed by atoms with Gasteiger partial charge in [-0.2, -0.15) is 0 Å². The maximum Gasteiger partial charge on any atom is 0.142 e. The number of aromatic nitrogens is 1. The molecule has 3 heteroatoms. The highest BCUT2D eigenvalue weighted by molar-refractivity contribution is 5.66. The van der Waals surface area contributed by atoms with Crippen LogP contribution in [-0.4, -0.2) is 18.1 Å². The molecular weight excluding hydrogens is 203 g/mol. The van der Waals surface area contributed by atoms with Crippen molar-refractivity contribution < 1.29 is 4.39 Å². The predicted molar refractivity (Wildman–Crippen MR) is 61.3 cm³/mol. The van der Waals surface area contributed by atoms with Gasteiger partial charge >= 0.3 is 0 Å². The first kappa shape index (κ1) is 9.97. The third-order valence-corrected chi connectivity index (χ3v) is 3.67. The van der Waals surface area contributed by atoms with Crippen molar-refractivity contribution in [2.45, 2.75) is 12.8 Å². The number of hydrogen-bond acceptors (Lipinski definition) is 2. The molecule has 16 heavy (non-hydrogen) atoms. The topological polar surface area (TPSA) is 24.9 Å². The average Bonchev–Trinajstić information content (AvgIpc) is 2.75. The van der Waals surface area contributed by atoms with Gasteiger partial charge in [0.15, 0.2) is 0 Å². The van der Waals surface area contributed by atoms with E-state index in [4.69, 9.17) is 0 Å². The number of nitrogens with zero attached hydrogens (tertiary/aromatic N) is 1. The summed E-state index contributed by atoms with van der Waals surface area (Å²) >= 11 is 0. The van der Waals surface area contributed by atoms with E-state index in [2.05, 4.69) is 16.4 Å². The molecular formula is C13H15FN2. The highest BCUT2D eigenvalue weighted by atomic mass is 19.1. The smallest absolute Gasteiger partial charge is 0.142 e. The van der Waals surface area contributed by atoms with Crippen molar-refractivity contribution in [2.75, 3.05) is 13.1 Å². The molecule has 1 aromatic heterocycles. The summed E-state index contributed by atoms with van der Waals surface area (Å²) in [5.41, 5.74) is 2.21. The molecule has 2 unspecified atom stereocenters. The second-order valence-corrected chi connectivity index (χ2v) is 4.70. The van der Waals surface area contributed by atoms with E-state index < -0.39 is 0 Å². The number of pyridine rings is 1. The molecule has 1 fully saturated rings.